The maximum absolute atomic E-state index is 12.0. The van der Waals surface area contributed by atoms with Gasteiger partial charge in [-0.3, -0.25) is 9.59 Å². The van der Waals surface area contributed by atoms with Crippen LogP contribution in [-0.2, 0) is 11.3 Å². The Bertz CT molecular complexity index is 614. The minimum Gasteiger partial charge on any atom is -0.394 e. The largest absolute Gasteiger partial charge is 0.394 e. The predicted octanol–water partition coefficient (Wildman–Crippen LogP) is 1.09. The number of aliphatic hydroxyl groups excluding tert-OH is 1. The van der Waals surface area contributed by atoms with Crippen LogP contribution in [0.1, 0.15) is 15.9 Å². The lowest BCUT2D eigenvalue weighted by Gasteiger charge is -2.16. The van der Waals surface area contributed by atoms with Crippen molar-refractivity contribution in [2.24, 2.45) is 0 Å². The third-order valence-corrected chi connectivity index (χ3v) is 3.15. The molecule has 3 N–H and O–H groups in total. The highest BCUT2D eigenvalue weighted by molar-refractivity contribution is 5.97. The lowest BCUT2D eigenvalue weighted by molar-refractivity contribution is -0.124. The van der Waals surface area contributed by atoms with Gasteiger partial charge in [-0.1, -0.05) is 48.5 Å². The summed E-state index contributed by atoms with van der Waals surface area (Å²) in [6.07, 6.45) is 0. The summed E-state index contributed by atoms with van der Waals surface area (Å²) in [6.45, 7) is -0.115. The quantitative estimate of drug-likeness (QED) is 0.747. The average molecular weight is 298 g/mol. The molecular weight excluding hydrogens is 280 g/mol. The molecule has 5 nitrogen and oxygen atoms in total. The van der Waals surface area contributed by atoms with Crippen molar-refractivity contribution >= 4 is 11.8 Å². The standard InChI is InChI=1S/C17H18N2O3/c20-12-15(19-16(21)14-9-5-2-6-10-14)17(22)18-11-13-7-3-1-4-8-13/h1-10,15,20H,11-12H2,(H,18,22)(H,19,21)/t15-/m0/s1. The van der Waals surface area contributed by atoms with Crippen LogP contribution in [0.2, 0.25) is 0 Å². The van der Waals surface area contributed by atoms with Gasteiger partial charge in [-0.2, -0.15) is 0 Å². The molecule has 0 fully saturated rings. The van der Waals surface area contributed by atoms with Crippen molar-refractivity contribution in [3.63, 3.8) is 0 Å². The summed E-state index contributed by atoms with van der Waals surface area (Å²) in [6, 6.07) is 17.0. The van der Waals surface area contributed by atoms with Crippen LogP contribution in [0.4, 0.5) is 0 Å². The molecule has 0 aliphatic rings. The van der Waals surface area contributed by atoms with E-state index in [0.29, 0.717) is 12.1 Å². The van der Waals surface area contributed by atoms with E-state index in [0.717, 1.165) is 5.56 Å². The molecule has 2 aromatic carbocycles. The molecule has 0 aliphatic heterocycles. The van der Waals surface area contributed by atoms with Gasteiger partial charge in [0.2, 0.25) is 5.91 Å². The molecule has 1 atom stereocenters. The highest BCUT2D eigenvalue weighted by Crippen LogP contribution is 2.00. The molecule has 0 saturated carbocycles. The second kappa shape index (κ2) is 7.95. The number of hydrogen-bond donors (Lipinski definition) is 3. The fourth-order valence-corrected chi connectivity index (χ4v) is 1.93. The Kier molecular flexibility index (Phi) is 5.68. The van der Waals surface area contributed by atoms with E-state index in [4.69, 9.17) is 0 Å². The van der Waals surface area contributed by atoms with Gasteiger partial charge in [0.25, 0.3) is 5.91 Å². The molecule has 5 heteroatoms. The van der Waals surface area contributed by atoms with Crippen molar-refractivity contribution < 1.29 is 14.7 Å². The highest BCUT2D eigenvalue weighted by atomic mass is 16.3. The number of benzene rings is 2. The van der Waals surface area contributed by atoms with E-state index < -0.39 is 24.5 Å². The Morgan fingerprint density at radius 1 is 0.955 bits per heavy atom. The molecule has 22 heavy (non-hydrogen) atoms. The van der Waals surface area contributed by atoms with E-state index in [9.17, 15) is 14.7 Å². The molecule has 0 saturated heterocycles. The first kappa shape index (κ1) is 15.7. The van der Waals surface area contributed by atoms with Crippen molar-refractivity contribution in [3.05, 3.63) is 71.8 Å². The third-order valence-electron chi connectivity index (χ3n) is 3.15. The lowest BCUT2D eigenvalue weighted by atomic mass is 10.2. The molecule has 0 spiro atoms. The summed E-state index contributed by atoms with van der Waals surface area (Å²) in [7, 11) is 0. The van der Waals surface area contributed by atoms with Crippen LogP contribution in [0.5, 0.6) is 0 Å². The van der Waals surface area contributed by atoms with Crippen LogP contribution in [-0.4, -0.2) is 29.6 Å². The van der Waals surface area contributed by atoms with Gasteiger partial charge in [-0.15, -0.1) is 0 Å². The molecule has 0 unspecified atom stereocenters. The summed E-state index contributed by atoms with van der Waals surface area (Å²) in [4.78, 5) is 24.0. The molecule has 0 heterocycles. The molecule has 2 aromatic rings. The van der Waals surface area contributed by atoms with Crippen LogP contribution in [0.15, 0.2) is 60.7 Å². The van der Waals surface area contributed by atoms with Gasteiger partial charge in [-0.25, -0.2) is 0 Å². The maximum Gasteiger partial charge on any atom is 0.251 e. The molecular formula is C17H18N2O3. The Morgan fingerprint density at radius 3 is 2.14 bits per heavy atom. The van der Waals surface area contributed by atoms with E-state index in [1.54, 1.807) is 30.3 Å². The van der Waals surface area contributed by atoms with Crippen LogP contribution in [0.3, 0.4) is 0 Å². The van der Waals surface area contributed by atoms with E-state index >= 15 is 0 Å². The van der Waals surface area contributed by atoms with Gasteiger partial charge in [0.1, 0.15) is 6.04 Å². The molecule has 0 aliphatic carbocycles. The average Bonchev–Trinajstić information content (AvgIpc) is 2.59. The van der Waals surface area contributed by atoms with Crippen molar-refractivity contribution in [1.29, 1.82) is 0 Å². The second-order valence-corrected chi connectivity index (χ2v) is 4.78. The van der Waals surface area contributed by atoms with Crippen molar-refractivity contribution in [1.82, 2.24) is 10.6 Å². The van der Waals surface area contributed by atoms with Gasteiger partial charge in [-0.05, 0) is 17.7 Å². The van der Waals surface area contributed by atoms with Crippen molar-refractivity contribution in [2.45, 2.75) is 12.6 Å². The monoisotopic (exact) mass is 298 g/mol. The smallest absolute Gasteiger partial charge is 0.251 e. The minimum atomic E-state index is -0.976. The van der Waals surface area contributed by atoms with Crippen LogP contribution in [0.25, 0.3) is 0 Å². The number of carbonyl (C=O) groups is 2. The van der Waals surface area contributed by atoms with Crippen LogP contribution < -0.4 is 10.6 Å². The zero-order valence-corrected chi connectivity index (χ0v) is 12.0. The normalized spacial score (nSPS) is 11.5. The first-order chi connectivity index (χ1) is 10.7. The Balaban J connectivity index is 1.90. The van der Waals surface area contributed by atoms with Crippen molar-refractivity contribution in [2.75, 3.05) is 6.61 Å². The molecule has 2 rings (SSSR count). The SMILES string of the molecule is O=C(N[C@@H](CO)C(=O)NCc1ccccc1)c1ccccc1. The topological polar surface area (TPSA) is 78.4 Å². The Hall–Kier alpha value is -2.66. The van der Waals surface area contributed by atoms with E-state index in [1.807, 2.05) is 30.3 Å². The van der Waals surface area contributed by atoms with Crippen LogP contribution >= 0.6 is 0 Å². The predicted molar refractivity (Wildman–Crippen MR) is 83.1 cm³/mol. The van der Waals surface area contributed by atoms with Gasteiger partial charge in [0.05, 0.1) is 6.61 Å². The van der Waals surface area contributed by atoms with E-state index in [2.05, 4.69) is 10.6 Å². The number of rotatable bonds is 6. The van der Waals surface area contributed by atoms with E-state index in [1.165, 1.54) is 0 Å². The van der Waals surface area contributed by atoms with E-state index in [-0.39, 0.29) is 0 Å². The fourth-order valence-electron chi connectivity index (χ4n) is 1.93. The maximum atomic E-state index is 12.0. The van der Waals surface area contributed by atoms with Gasteiger partial charge >= 0.3 is 0 Å². The molecule has 114 valence electrons. The first-order valence-corrected chi connectivity index (χ1v) is 6.99. The zero-order chi connectivity index (χ0) is 15.8. The number of nitrogens with one attached hydrogen (secondary N) is 2. The second-order valence-electron chi connectivity index (χ2n) is 4.78. The molecule has 2 amide bonds. The third kappa shape index (κ3) is 4.43. The minimum absolute atomic E-state index is 0.345. The Morgan fingerprint density at radius 2 is 1.55 bits per heavy atom. The number of hydrogen-bond acceptors (Lipinski definition) is 3. The fraction of sp³-hybridized carbons (Fsp3) is 0.176. The number of amides is 2. The number of carbonyl (C=O) groups excluding carboxylic acids is 2. The Labute approximate surface area is 129 Å². The van der Waals surface area contributed by atoms with Crippen LogP contribution in [0, 0.1) is 0 Å². The zero-order valence-electron chi connectivity index (χ0n) is 12.0. The summed E-state index contributed by atoms with van der Waals surface area (Å²) in [5.41, 5.74) is 1.39. The van der Waals surface area contributed by atoms with Gasteiger partial charge < -0.3 is 15.7 Å². The van der Waals surface area contributed by atoms with Crippen molar-refractivity contribution in [3.8, 4) is 0 Å². The first-order valence-electron chi connectivity index (χ1n) is 6.99. The molecule has 0 aromatic heterocycles. The summed E-state index contributed by atoms with van der Waals surface area (Å²) in [5, 5.41) is 14.5. The lowest BCUT2D eigenvalue weighted by Crippen LogP contribution is -2.48. The van der Waals surface area contributed by atoms with Gasteiger partial charge in [0, 0.05) is 12.1 Å². The highest BCUT2D eigenvalue weighted by Gasteiger charge is 2.20. The number of aliphatic hydroxyl groups is 1. The summed E-state index contributed by atoms with van der Waals surface area (Å²) >= 11 is 0. The summed E-state index contributed by atoms with van der Waals surface area (Å²) in [5.74, 6) is -0.815. The van der Waals surface area contributed by atoms with Gasteiger partial charge in [0.15, 0.2) is 0 Å². The molecule has 0 radical (unpaired) electrons. The summed E-state index contributed by atoms with van der Waals surface area (Å²) < 4.78 is 0. The molecule has 0 bridgehead atoms.